The lowest BCUT2D eigenvalue weighted by Gasteiger charge is -2.19. The normalized spacial score (nSPS) is 14.0. The highest BCUT2D eigenvalue weighted by atomic mass is 19.1. The first-order valence-electron chi connectivity index (χ1n) is 4.80. The molecule has 0 aliphatic heterocycles. The van der Waals surface area contributed by atoms with Crippen LogP contribution in [0.2, 0.25) is 0 Å². The summed E-state index contributed by atoms with van der Waals surface area (Å²) in [6, 6.07) is 4.61. The number of carbonyl (C=O) groups excluding carboxylic acids is 1. The van der Waals surface area contributed by atoms with Crippen molar-refractivity contribution in [3.05, 3.63) is 30.1 Å². The van der Waals surface area contributed by atoms with E-state index >= 15 is 0 Å². The van der Waals surface area contributed by atoms with Gasteiger partial charge in [0, 0.05) is 0 Å². The number of hydrogen-bond acceptors (Lipinski definition) is 4. The Bertz CT molecular complexity index is 353. The second-order valence-corrected chi connectivity index (χ2v) is 3.33. The molecule has 0 aliphatic carbocycles. The number of nitrogens with two attached hydrogens (primary N) is 1. The Morgan fingerprint density at radius 1 is 1.38 bits per heavy atom. The molecule has 2 atom stereocenters. The van der Waals surface area contributed by atoms with E-state index in [2.05, 4.69) is 4.74 Å². The van der Waals surface area contributed by atoms with Crippen LogP contribution in [0.15, 0.2) is 24.3 Å². The highest BCUT2D eigenvalue weighted by Gasteiger charge is 2.22. The van der Waals surface area contributed by atoms with Gasteiger partial charge >= 0.3 is 5.97 Å². The molecular weight excluding hydrogens is 213 g/mol. The topological polar surface area (TPSA) is 61.5 Å². The van der Waals surface area contributed by atoms with Gasteiger partial charge in [-0.2, -0.15) is 0 Å². The van der Waals surface area contributed by atoms with Crippen molar-refractivity contribution in [2.24, 2.45) is 5.73 Å². The van der Waals surface area contributed by atoms with Crippen molar-refractivity contribution in [1.82, 2.24) is 0 Å². The molecule has 2 unspecified atom stereocenters. The fourth-order valence-corrected chi connectivity index (χ4v) is 1.13. The first-order chi connectivity index (χ1) is 7.54. The van der Waals surface area contributed by atoms with E-state index in [0.717, 1.165) is 0 Å². The highest BCUT2D eigenvalue weighted by molar-refractivity contribution is 5.76. The highest BCUT2D eigenvalue weighted by Crippen LogP contribution is 2.14. The molecule has 2 N–H and O–H groups in total. The van der Waals surface area contributed by atoms with E-state index in [9.17, 15) is 9.18 Å². The predicted octanol–water partition coefficient (Wildman–Crippen LogP) is 1.09. The molecule has 0 amide bonds. The number of benzene rings is 1. The van der Waals surface area contributed by atoms with Crippen LogP contribution in [-0.2, 0) is 9.53 Å². The average Bonchev–Trinajstić information content (AvgIpc) is 2.30. The van der Waals surface area contributed by atoms with Gasteiger partial charge in [-0.25, -0.2) is 4.39 Å². The van der Waals surface area contributed by atoms with E-state index in [0.29, 0.717) is 5.75 Å². The SMILES string of the molecule is COC(=O)C(N)C(C)Oc1ccc(F)cc1. The second kappa shape index (κ2) is 5.46. The predicted molar refractivity (Wildman–Crippen MR) is 56.5 cm³/mol. The zero-order valence-corrected chi connectivity index (χ0v) is 9.14. The molecule has 0 saturated heterocycles. The fraction of sp³-hybridized carbons (Fsp3) is 0.364. The Kier molecular flexibility index (Phi) is 4.25. The van der Waals surface area contributed by atoms with E-state index < -0.39 is 18.1 Å². The summed E-state index contributed by atoms with van der Waals surface area (Å²) >= 11 is 0. The monoisotopic (exact) mass is 227 g/mol. The van der Waals surface area contributed by atoms with Crippen LogP contribution in [0.1, 0.15) is 6.92 Å². The molecule has 4 nitrogen and oxygen atoms in total. The minimum absolute atomic E-state index is 0.350. The minimum Gasteiger partial charge on any atom is -0.488 e. The number of methoxy groups -OCH3 is 1. The third-order valence-corrected chi connectivity index (χ3v) is 2.11. The average molecular weight is 227 g/mol. The summed E-state index contributed by atoms with van der Waals surface area (Å²) in [6.45, 7) is 1.64. The molecule has 1 aromatic carbocycles. The molecule has 0 aliphatic rings. The molecule has 5 heteroatoms. The van der Waals surface area contributed by atoms with Gasteiger partial charge in [0.25, 0.3) is 0 Å². The van der Waals surface area contributed by atoms with Crippen LogP contribution >= 0.6 is 0 Å². The lowest BCUT2D eigenvalue weighted by Crippen LogP contribution is -2.44. The Balaban J connectivity index is 2.60. The van der Waals surface area contributed by atoms with Gasteiger partial charge in [-0.1, -0.05) is 0 Å². The first kappa shape index (κ1) is 12.4. The van der Waals surface area contributed by atoms with Gasteiger partial charge in [-0.15, -0.1) is 0 Å². The van der Waals surface area contributed by atoms with Crippen LogP contribution in [0, 0.1) is 5.82 Å². The van der Waals surface area contributed by atoms with Crippen molar-refractivity contribution in [3.63, 3.8) is 0 Å². The fourth-order valence-electron chi connectivity index (χ4n) is 1.13. The van der Waals surface area contributed by atoms with Crippen LogP contribution in [0.3, 0.4) is 0 Å². The van der Waals surface area contributed by atoms with Crippen LogP contribution in [0.25, 0.3) is 0 Å². The summed E-state index contributed by atoms with van der Waals surface area (Å²) in [5.41, 5.74) is 5.58. The molecule has 1 aromatic rings. The second-order valence-electron chi connectivity index (χ2n) is 3.33. The quantitative estimate of drug-likeness (QED) is 0.782. The summed E-state index contributed by atoms with van der Waals surface area (Å²) < 4.78 is 22.5. The molecule has 0 radical (unpaired) electrons. The van der Waals surface area contributed by atoms with Crippen LogP contribution in [-0.4, -0.2) is 25.2 Å². The molecule has 0 spiro atoms. The Morgan fingerprint density at radius 3 is 2.44 bits per heavy atom. The van der Waals surface area contributed by atoms with E-state index in [1.807, 2.05) is 0 Å². The summed E-state index contributed by atoms with van der Waals surface area (Å²) in [7, 11) is 1.26. The van der Waals surface area contributed by atoms with Gasteiger partial charge < -0.3 is 15.2 Å². The van der Waals surface area contributed by atoms with Crippen molar-refractivity contribution in [2.45, 2.75) is 19.1 Å². The smallest absolute Gasteiger partial charge is 0.326 e. The standard InChI is InChI=1S/C11H14FNO3/c1-7(10(13)11(14)15-2)16-9-5-3-8(12)4-6-9/h3-7,10H,13H2,1-2H3. The number of carbonyl (C=O) groups is 1. The van der Waals surface area contributed by atoms with E-state index in [-0.39, 0.29) is 5.82 Å². The van der Waals surface area contributed by atoms with E-state index in [1.165, 1.54) is 31.4 Å². The van der Waals surface area contributed by atoms with Crippen LogP contribution in [0.4, 0.5) is 4.39 Å². The van der Waals surface area contributed by atoms with Gasteiger partial charge in [0.1, 0.15) is 23.7 Å². The van der Waals surface area contributed by atoms with Gasteiger partial charge in [0.05, 0.1) is 7.11 Å². The number of hydrogen-bond donors (Lipinski definition) is 1. The lowest BCUT2D eigenvalue weighted by molar-refractivity contribution is -0.144. The summed E-state index contributed by atoms with van der Waals surface area (Å²) in [4.78, 5) is 11.1. The minimum atomic E-state index is -0.866. The van der Waals surface area contributed by atoms with Gasteiger partial charge in [0.2, 0.25) is 0 Å². The molecule has 88 valence electrons. The van der Waals surface area contributed by atoms with Crippen molar-refractivity contribution in [1.29, 1.82) is 0 Å². The zero-order valence-electron chi connectivity index (χ0n) is 9.14. The van der Waals surface area contributed by atoms with Crippen molar-refractivity contribution < 1.29 is 18.7 Å². The number of halogens is 1. The van der Waals surface area contributed by atoms with Crippen molar-refractivity contribution in [3.8, 4) is 5.75 Å². The van der Waals surface area contributed by atoms with Crippen LogP contribution in [0.5, 0.6) is 5.75 Å². The van der Waals surface area contributed by atoms with E-state index in [1.54, 1.807) is 6.92 Å². The lowest BCUT2D eigenvalue weighted by atomic mass is 10.2. The Labute approximate surface area is 93.2 Å². The molecule has 0 saturated carbocycles. The Morgan fingerprint density at radius 2 is 1.94 bits per heavy atom. The number of esters is 1. The number of rotatable bonds is 4. The van der Waals surface area contributed by atoms with Crippen molar-refractivity contribution in [2.75, 3.05) is 7.11 Å². The largest absolute Gasteiger partial charge is 0.488 e. The number of ether oxygens (including phenoxy) is 2. The molecule has 0 heterocycles. The molecule has 1 rings (SSSR count). The van der Waals surface area contributed by atoms with Crippen molar-refractivity contribution >= 4 is 5.97 Å². The summed E-state index contributed by atoms with van der Waals surface area (Å²) in [6.07, 6.45) is -0.544. The van der Waals surface area contributed by atoms with E-state index in [4.69, 9.17) is 10.5 Å². The van der Waals surface area contributed by atoms with Crippen LogP contribution < -0.4 is 10.5 Å². The summed E-state index contributed by atoms with van der Waals surface area (Å²) in [5.74, 6) is -0.444. The molecule has 0 fully saturated rings. The first-order valence-corrected chi connectivity index (χ1v) is 4.80. The zero-order chi connectivity index (χ0) is 12.1. The molecule has 0 bridgehead atoms. The summed E-state index contributed by atoms with van der Waals surface area (Å²) in [5, 5.41) is 0. The third kappa shape index (κ3) is 3.20. The maximum absolute atomic E-state index is 12.6. The maximum Gasteiger partial charge on any atom is 0.326 e. The van der Waals surface area contributed by atoms with Gasteiger partial charge in [-0.05, 0) is 31.2 Å². The molecular formula is C11H14FNO3. The molecule has 16 heavy (non-hydrogen) atoms. The van der Waals surface area contributed by atoms with Gasteiger partial charge in [0.15, 0.2) is 0 Å². The maximum atomic E-state index is 12.6. The molecule has 0 aromatic heterocycles. The Hall–Kier alpha value is -1.62. The van der Waals surface area contributed by atoms with Gasteiger partial charge in [-0.3, -0.25) is 4.79 Å². The third-order valence-electron chi connectivity index (χ3n) is 2.11.